The van der Waals surface area contributed by atoms with Crippen LogP contribution in [-0.4, -0.2) is 78.3 Å². The van der Waals surface area contributed by atoms with E-state index in [4.69, 9.17) is 14.2 Å². The number of nitrogens with zero attached hydrogens (tertiary/aromatic N) is 2. The Labute approximate surface area is 199 Å². The quantitative estimate of drug-likeness (QED) is 0.454. The monoisotopic (exact) mass is 475 g/mol. The second-order valence-electron chi connectivity index (χ2n) is 8.61. The van der Waals surface area contributed by atoms with Crippen molar-refractivity contribution in [1.82, 2.24) is 15.1 Å². The summed E-state index contributed by atoms with van der Waals surface area (Å²) in [4.78, 5) is 52.5. The first kappa shape index (κ1) is 25.5. The van der Waals surface area contributed by atoms with Crippen LogP contribution in [0.15, 0.2) is 30.3 Å². The second kappa shape index (κ2) is 12.4. The third-order valence-electron chi connectivity index (χ3n) is 5.99. The van der Waals surface area contributed by atoms with E-state index < -0.39 is 30.3 Å². The summed E-state index contributed by atoms with van der Waals surface area (Å²) in [5.41, 5.74) is 1.03. The molecule has 0 aliphatic carbocycles. The molecule has 1 N–H and O–H groups in total. The van der Waals surface area contributed by atoms with E-state index in [-0.39, 0.29) is 11.9 Å². The maximum atomic E-state index is 12.9. The third kappa shape index (κ3) is 7.18. The molecule has 1 unspecified atom stereocenters. The van der Waals surface area contributed by atoms with Crippen LogP contribution in [0.5, 0.6) is 0 Å². The fourth-order valence-electron chi connectivity index (χ4n) is 4.27. The lowest BCUT2D eigenvalue weighted by Gasteiger charge is -2.28. The zero-order valence-electron chi connectivity index (χ0n) is 19.7. The molecule has 0 spiro atoms. The fourth-order valence-corrected chi connectivity index (χ4v) is 4.27. The molecule has 34 heavy (non-hydrogen) atoms. The summed E-state index contributed by atoms with van der Waals surface area (Å²) in [6, 6.07) is 8.36. The Morgan fingerprint density at radius 2 is 1.76 bits per heavy atom. The summed E-state index contributed by atoms with van der Waals surface area (Å²) >= 11 is 0. The molecule has 0 aromatic heterocycles. The van der Waals surface area contributed by atoms with Gasteiger partial charge in [0, 0.05) is 26.6 Å². The number of carbonyl (C=O) groups is 4. The summed E-state index contributed by atoms with van der Waals surface area (Å²) in [5, 5.41) is 2.42. The minimum Gasteiger partial charge on any atom is -0.460 e. The van der Waals surface area contributed by atoms with Crippen molar-refractivity contribution in [1.29, 1.82) is 0 Å². The van der Waals surface area contributed by atoms with Crippen molar-refractivity contribution in [2.75, 3.05) is 26.2 Å². The summed E-state index contributed by atoms with van der Waals surface area (Å²) < 4.78 is 15.9. The first-order valence-electron chi connectivity index (χ1n) is 11.7. The van der Waals surface area contributed by atoms with Crippen LogP contribution in [-0.2, 0) is 30.4 Å². The van der Waals surface area contributed by atoms with Crippen molar-refractivity contribution in [3.8, 4) is 0 Å². The minimum atomic E-state index is -1.15. The van der Waals surface area contributed by atoms with E-state index in [1.54, 1.807) is 4.90 Å². The molecular weight excluding hydrogens is 442 g/mol. The predicted molar refractivity (Wildman–Crippen MR) is 122 cm³/mol. The number of nitrogens with one attached hydrogen (secondary N) is 1. The van der Waals surface area contributed by atoms with Gasteiger partial charge in [-0.2, -0.15) is 0 Å². The molecule has 10 heteroatoms. The van der Waals surface area contributed by atoms with Gasteiger partial charge >= 0.3 is 18.2 Å². The summed E-state index contributed by atoms with van der Waals surface area (Å²) in [7, 11) is 0. The zero-order chi connectivity index (χ0) is 24.5. The standard InChI is InChI=1S/C24H33N3O7/c1-17(33-18(2)28)21(22(29)26-12-6-7-13-26)25-23(30)34-24(31)27-14-8-11-20(27)16-32-15-19-9-4-3-5-10-19/h3-5,9-10,17,20-21H,6-8,11-16H2,1-2H3,(H,25,30)/t17-,20?,21+/m1/s1. The predicted octanol–water partition coefficient (Wildman–Crippen LogP) is 2.46. The van der Waals surface area contributed by atoms with Gasteiger partial charge in [-0.15, -0.1) is 0 Å². The number of likely N-dealkylation sites (tertiary alicyclic amines) is 2. The van der Waals surface area contributed by atoms with Crippen LogP contribution in [0.1, 0.15) is 45.1 Å². The van der Waals surface area contributed by atoms with E-state index in [9.17, 15) is 19.2 Å². The molecule has 2 fully saturated rings. The Kier molecular flexibility index (Phi) is 9.26. The highest BCUT2D eigenvalue weighted by atomic mass is 16.6. The van der Waals surface area contributed by atoms with Crippen LogP contribution >= 0.6 is 0 Å². The van der Waals surface area contributed by atoms with Crippen LogP contribution in [0.3, 0.4) is 0 Å². The zero-order valence-corrected chi connectivity index (χ0v) is 19.7. The molecule has 2 aliphatic rings. The van der Waals surface area contributed by atoms with Crippen molar-refractivity contribution in [3.05, 3.63) is 35.9 Å². The van der Waals surface area contributed by atoms with Gasteiger partial charge in [0.2, 0.25) is 5.91 Å². The second-order valence-corrected chi connectivity index (χ2v) is 8.61. The number of amides is 3. The first-order chi connectivity index (χ1) is 16.3. The van der Waals surface area contributed by atoms with E-state index in [1.165, 1.54) is 18.7 Å². The van der Waals surface area contributed by atoms with E-state index in [0.29, 0.717) is 32.8 Å². The van der Waals surface area contributed by atoms with Gasteiger partial charge in [0.05, 0.1) is 19.3 Å². The van der Waals surface area contributed by atoms with Crippen molar-refractivity contribution in [3.63, 3.8) is 0 Å². The third-order valence-corrected chi connectivity index (χ3v) is 5.99. The molecule has 3 rings (SSSR count). The normalized spacial score (nSPS) is 19.4. The molecule has 0 saturated carbocycles. The number of hydrogen-bond acceptors (Lipinski definition) is 7. The highest BCUT2D eigenvalue weighted by Crippen LogP contribution is 2.19. The lowest BCUT2D eigenvalue weighted by molar-refractivity contribution is -0.150. The molecule has 186 valence electrons. The van der Waals surface area contributed by atoms with Gasteiger partial charge in [0.15, 0.2) is 0 Å². The first-order valence-corrected chi connectivity index (χ1v) is 11.7. The van der Waals surface area contributed by atoms with Crippen LogP contribution in [0.4, 0.5) is 9.59 Å². The molecule has 2 heterocycles. The highest BCUT2D eigenvalue weighted by molar-refractivity contribution is 5.90. The number of ether oxygens (including phenoxy) is 3. The topological polar surface area (TPSA) is 114 Å². The number of hydrogen-bond donors (Lipinski definition) is 1. The molecular formula is C24H33N3O7. The van der Waals surface area contributed by atoms with Crippen molar-refractivity contribution in [2.24, 2.45) is 0 Å². The summed E-state index contributed by atoms with van der Waals surface area (Å²) in [6.45, 7) is 5.07. The highest BCUT2D eigenvalue weighted by Gasteiger charge is 2.36. The van der Waals surface area contributed by atoms with E-state index in [1.807, 2.05) is 30.3 Å². The maximum Gasteiger partial charge on any atom is 0.419 e. The van der Waals surface area contributed by atoms with Crippen LogP contribution in [0, 0.1) is 0 Å². The SMILES string of the molecule is CC(=O)O[C@H](C)[C@H](NC(=O)OC(=O)N1CCCC1COCc1ccccc1)C(=O)N1CCCC1. The average Bonchev–Trinajstić information content (AvgIpc) is 3.49. The molecule has 3 amide bonds. The summed E-state index contributed by atoms with van der Waals surface area (Å²) in [6.07, 6.45) is 0.478. The minimum absolute atomic E-state index is 0.203. The number of esters is 1. The van der Waals surface area contributed by atoms with Crippen molar-refractivity contribution in [2.45, 2.75) is 64.3 Å². The van der Waals surface area contributed by atoms with Gasteiger partial charge in [-0.05, 0) is 38.2 Å². The van der Waals surface area contributed by atoms with Crippen LogP contribution in [0.2, 0.25) is 0 Å². The van der Waals surface area contributed by atoms with Gasteiger partial charge in [-0.25, -0.2) is 9.59 Å². The van der Waals surface area contributed by atoms with Crippen LogP contribution in [0.25, 0.3) is 0 Å². The van der Waals surface area contributed by atoms with E-state index in [0.717, 1.165) is 31.2 Å². The maximum absolute atomic E-state index is 12.9. The Morgan fingerprint density at radius 1 is 1.06 bits per heavy atom. The van der Waals surface area contributed by atoms with E-state index >= 15 is 0 Å². The van der Waals surface area contributed by atoms with Crippen LogP contribution < -0.4 is 5.32 Å². The number of rotatable bonds is 8. The fraction of sp³-hybridized carbons (Fsp3) is 0.583. The lowest BCUT2D eigenvalue weighted by atomic mass is 10.1. The number of benzene rings is 1. The summed E-state index contributed by atoms with van der Waals surface area (Å²) in [5.74, 6) is -0.947. The number of carbonyl (C=O) groups excluding carboxylic acids is 4. The molecule has 1 aromatic carbocycles. The molecule has 0 radical (unpaired) electrons. The molecule has 10 nitrogen and oxygen atoms in total. The van der Waals surface area contributed by atoms with E-state index in [2.05, 4.69) is 5.32 Å². The molecule has 3 atom stereocenters. The van der Waals surface area contributed by atoms with Crippen molar-refractivity contribution < 1.29 is 33.4 Å². The average molecular weight is 476 g/mol. The van der Waals surface area contributed by atoms with Gasteiger partial charge < -0.3 is 29.3 Å². The van der Waals surface area contributed by atoms with Gasteiger partial charge in [-0.1, -0.05) is 30.3 Å². The molecule has 2 saturated heterocycles. The number of alkyl carbamates (subject to hydrolysis) is 1. The van der Waals surface area contributed by atoms with Gasteiger partial charge in [-0.3, -0.25) is 9.59 Å². The Balaban J connectivity index is 1.53. The lowest BCUT2D eigenvalue weighted by Crippen LogP contribution is -2.55. The van der Waals surface area contributed by atoms with Gasteiger partial charge in [0.25, 0.3) is 0 Å². The Hall–Kier alpha value is -3.14. The molecule has 2 aliphatic heterocycles. The van der Waals surface area contributed by atoms with Gasteiger partial charge in [0.1, 0.15) is 12.1 Å². The molecule has 0 bridgehead atoms. The molecule has 1 aromatic rings. The largest absolute Gasteiger partial charge is 0.460 e. The Bertz CT molecular complexity index is 857. The van der Waals surface area contributed by atoms with Crippen molar-refractivity contribution >= 4 is 24.1 Å². The smallest absolute Gasteiger partial charge is 0.419 e. The Morgan fingerprint density at radius 3 is 2.44 bits per heavy atom.